The molecule has 0 saturated carbocycles. The maximum absolute atomic E-state index is 13.2. The Bertz CT molecular complexity index is 676. The van der Waals surface area contributed by atoms with Crippen LogP contribution in [0.15, 0.2) is 36.7 Å². The summed E-state index contributed by atoms with van der Waals surface area (Å²) in [6, 6.07) is 5.20. The first-order valence-corrected chi connectivity index (χ1v) is 8.04. The van der Waals surface area contributed by atoms with Crippen molar-refractivity contribution in [1.82, 2.24) is 20.4 Å². The van der Waals surface area contributed by atoms with Crippen molar-refractivity contribution in [3.63, 3.8) is 0 Å². The summed E-state index contributed by atoms with van der Waals surface area (Å²) in [4.78, 5) is 12.8. The van der Waals surface area contributed by atoms with Gasteiger partial charge in [0.15, 0.2) is 0 Å². The molecule has 1 aliphatic heterocycles. The van der Waals surface area contributed by atoms with E-state index in [-0.39, 0.29) is 5.91 Å². The molecule has 7 heteroatoms. The average Bonchev–Trinajstić information content (AvgIpc) is 3.09. The molecule has 1 aliphatic rings. The molecule has 1 amide bonds. The third-order valence-corrected chi connectivity index (χ3v) is 4.42. The molecule has 3 rings (SSSR count). The largest absolute Gasteiger partial charge is 0.354 e. The number of nitrogens with one attached hydrogen (secondary N) is 2. The van der Waals surface area contributed by atoms with Gasteiger partial charge in [-0.3, -0.25) is 9.48 Å². The van der Waals surface area contributed by atoms with Crippen LogP contribution in [0.2, 0.25) is 0 Å². The minimum Gasteiger partial charge on any atom is -0.354 e. The Morgan fingerprint density at radius 2 is 1.96 bits per heavy atom. The summed E-state index contributed by atoms with van der Waals surface area (Å²) in [6.45, 7) is 1.79. The number of carbonyl (C=O) groups is 1. The van der Waals surface area contributed by atoms with E-state index >= 15 is 0 Å². The summed E-state index contributed by atoms with van der Waals surface area (Å²) in [5, 5.41) is 10.4. The number of amides is 1. The van der Waals surface area contributed by atoms with Gasteiger partial charge < -0.3 is 10.6 Å². The van der Waals surface area contributed by atoms with E-state index in [2.05, 4.69) is 15.7 Å². The third-order valence-electron chi connectivity index (χ3n) is 4.42. The van der Waals surface area contributed by atoms with Crippen molar-refractivity contribution >= 4 is 5.91 Å². The van der Waals surface area contributed by atoms with Gasteiger partial charge in [0.25, 0.3) is 0 Å². The Kier molecular flexibility index (Phi) is 4.89. The van der Waals surface area contributed by atoms with Crippen LogP contribution < -0.4 is 10.6 Å². The van der Waals surface area contributed by atoms with Gasteiger partial charge in [0.2, 0.25) is 5.91 Å². The number of carbonyl (C=O) groups excluding carboxylic acids is 1. The van der Waals surface area contributed by atoms with Gasteiger partial charge in [-0.25, -0.2) is 8.78 Å². The minimum absolute atomic E-state index is 0.107. The Morgan fingerprint density at radius 1 is 1.25 bits per heavy atom. The van der Waals surface area contributed by atoms with Gasteiger partial charge in [0, 0.05) is 25.0 Å². The molecular formula is C17H20F2N4O. The van der Waals surface area contributed by atoms with Crippen molar-refractivity contribution in [2.75, 3.05) is 19.6 Å². The van der Waals surface area contributed by atoms with Crippen LogP contribution in [0.5, 0.6) is 0 Å². The molecule has 2 N–H and O–H groups in total. The van der Waals surface area contributed by atoms with Crippen LogP contribution in [0, 0.1) is 11.6 Å². The van der Waals surface area contributed by atoms with E-state index < -0.39 is 17.2 Å². The summed E-state index contributed by atoms with van der Waals surface area (Å²) in [6.07, 6.45) is 5.12. The smallest absolute Gasteiger partial charge is 0.248 e. The molecular weight excluding hydrogens is 314 g/mol. The molecule has 24 heavy (non-hydrogen) atoms. The molecule has 128 valence electrons. The molecule has 0 aliphatic carbocycles. The second-order valence-electron chi connectivity index (χ2n) is 6.02. The Hall–Kier alpha value is -2.28. The zero-order valence-corrected chi connectivity index (χ0v) is 13.3. The molecule has 1 saturated heterocycles. The molecule has 0 unspecified atom stereocenters. The van der Waals surface area contributed by atoms with Crippen molar-refractivity contribution in [2.24, 2.45) is 0 Å². The van der Waals surface area contributed by atoms with E-state index in [1.807, 2.05) is 0 Å². The number of hydrogen-bond donors (Lipinski definition) is 2. The first-order valence-electron chi connectivity index (χ1n) is 8.04. The highest BCUT2D eigenvalue weighted by molar-refractivity contribution is 5.84. The molecule has 0 radical (unpaired) electrons. The standard InChI is InChI=1S/C17H20F2N4O/c18-14-10-13(11-15(19)12-14)2-6-21-16(24)17(3-7-20-8-4-17)23-9-1-5-22-23/h1,5,9-12,20H,2-4,6-8H2,(H,21,24). The van der Waals surface area contributed by atoms with E-state index in [1.54, 1.807) is 23.1 Å². The highest BCUT2D eigenvalue weighted by Gasteiger charge is 2.41. The molecule has 1 aromatic heterocycles. The van der Waals surface area contributed by atoms with Gasteiger partial charge in [0.05, 0.1) is 0 Å². The quantitative estimate of drug-likeness (QED) is 0.873. The fourth-order valence-corrected chi connectivity index (χ4v) is 3.16. The van der Waals surface area contributed by atoms with Gasteiger partial charge in [0.1, 0.15) is 17.2 Å². The molecule has 5 nitrogen and oxygen atoms in total. The van der Waals surface area contributed by atoms with E-state index in [0.29, 0.717) is 31.4 Å². The van der Waals surface area contributed by atoms with Gasteiger partial charge in [-0.2, -0.15) is 5.10 Å². The summed E-state index contributed by atoms with van der Waals surface area (Å²) >= 11 is 0. The molecule has 0 spiro atoms. The van der Waals surface area contributed by atoms with Crippen LogP contribution in [0.1, 0.15) is 18.4 Å². The Morgan fingerprint density at radius 3 is 2.58 bits per heavy atom. The number of nitrogens with zero attached hydrogens (tertiary/aromatic N) is 2. The molecule has 0 atom stereocenters. The summed E-state index contributed by atoms with van der Waals surface area (Å²) in [5.74, 6) is -1.32. The van der Waals surface area contributed by atoms with Crippen molar-refractivity contribution in [3.8, 4) is 0 Å². The normalized spacial score (nSPS) is 16.8. The fourth-order valence-electron chi connectivity index (χ4n) is 3.16. The number of aromatic nitrogens is 2. The Balaban J connectivity index is 1.66. The van der Waals surface area contributed by atoms with Crippen LogP contribution in [0.4, 0.5) is 8.78 Å². The topological polar surface area (TPSA) is 59.0 Å². The van der Waals surface area contributed by atoms with Gasteiger partial charge in [-0.15, -0.1) is 0 Å². The molecule has 2 heterocycles. The molecule has 1 aromatic carbocycles. The van der Waals surface area contributed by atoms with E-state index in [0.717, 1.165) is 19.2 Å². The SMILES string of the molecule is O=C(NCCc1cc(F)cc(F)c1)C1(n2cccn2)CCNCC1. The summed E-state index contributed by atoms with van der Waals surface area (Å²) < 4.78 is 28.1. The molecule has 1 fully saturated rings. The number of benzene rings is 1. The zero-order valence-electron chi connectivity index (χ0n) is 13.3. The predicted molar refractivity (Wildman–Crippen MR) is 85.4 cm³/mol. The van der Waals surface area contributed by atoms with Crippen LogP contribution in [0.25, 0.3) is 0 Å². The van der Waals surface area contributed by atoms with Gasteiger partial charge >= 0.3 is 0 Å². The number of halogens is 2. The maximum Gasteiger partial charge on any atom is 0.248 e. The van der Waals surface area contributed by atoms with Crippen LogP contribution in [-0.4, -0.2) is 35.3 Å². The molecule has 0 bridgehead atoms. The second-order valence-corrected chi connectivity index (χ2v) is 6.02. The van der Waals surface area contributed by atoms with Gasteiger partial charge in [-0.05, 0) is 56.1 Å². The van der Waals surface area contributed by atoms with Crippen LogP contribution in [0.3, 0.4) is 0 Å². The second kappa shape index (κ2) is 7.09. The van der Waals surface area contributed by atoms with Crippen molar-refractivity contribution in [1.29, 1.82) is 0 Å². The van der Waals surface area contributed by atoms with E-state index in [1.165, 1.54) is 12.1 Å². The highest BCUT2D eigenvalue weighted by Crippen LogP contribution is 2.27. The van der Waals surface area contributed by atoms with Crippen molar-refractivity contribution in [2.45, 2.75) is 24.8 Å². The fraction of sp³-hybridized carbons (Fsp3) is 0.412. The average molecular weight is 334 g/mol. The van der Waals surface area contributed by atoms with Gasteiger partial charge in [-0.1, -0.05) is 0 Å². The molecule has 2 aromatic rings. The predicted octanol–water partition coefficient (Wildman–Crippen LogP) is 1.60. The monoisotopic (exact) mass is 334 g/mol. The Labute approximate surface area is 139 Å². The lowest BCUT2D eigenvalue weighted by atomic mass is 9.87. The maximum atomic E-state index is 13.2. The first kappa shape index (κ1) is 16.6. The summed E-state index contributed by atoms with van der Waals surface area (Å²) in [7, 11) is 0. The van der Waals surface area contributed by atoms with Crippen molar-refractivity contribution in [3.05, 3.63) is 53.9 Å². The summed E-state index contributed by atoms with van der Waals surface area (Å²) in [5.41, 5.74) is -0.187. The lowest BCUT2D eigenvalue weighted by molar-refractivity contribution is -0.131. The highest BCUT2D eigenvalue weighted by atomic mass is 19.1. The van der Waals surface area contributed by atoms with E-state index in [4.69, 9.17) is 0 Å². The van der Waals surface area contributed by atoms with Crippen molar-refractivity contribution < 1.29 is 13.6 Å². The third kappa shape index (κ3) is 3.46. The van der Waals surface area contributed by atoms with Crippen LogP contribution in [-0.2, 0) is 16.8 Å². The lowest BCUT2D eigenvalue weighted by Gasteiger charge is -2.36. The zero-order chi connectivity index (χ0) is 17.0. The van der Waals surface area contributed by atoms with E-state index in [9.17, 15) is 13.6 Å². The minimum atomic E-state index is -0.706. The number of piperidine rings is 1. The first-order chi connectivity index (χ1) is 11.6. The number of hydrogen-bond acceptors (Lipinski definition) is 3. The lowest BCUT2D eigenvalue weighted by Crippen LogP contribution is -2.54. The van der Waals surface area contributed by atoms with Crippen LogP contribution >= 0.6 is 0 Å². The number of rotatable bonds is 5.